The molecule has 3 rings (SSSR count). The molecule has 0 saturated heterocycles. The molecule has 0 unspecified atom stereocenters. The molecule has 1 heterocycles. The molecule has 13 heteroatoms. The first-order valence-corrected chi connectivity index (χ1v) is 15.7. The third-order valence-electron chi connectivity index (χ3n) is 7.14. The van der Waals surface area contributed by atoms with Crippen LogP contribution in [0.15, 0.2) is 29.2 Å². The summed E-state index contributed by atoms with van der Waals surface area (Å²) >= 11 is 0. The van der Waals surface area contributed by atoms with Gasteiger partial charge in [0.15, 0.2) is 0 Å². The van der Waals surface area contributed by atoms with Crippen molar-refractivity contribution >= 4 is 44.4 Å². The summed E-state index contributed by atoms with van der Waals surface area (Å²) in [4.78, 5) is 18.0. The standard InChI is InChI=1S/C28H44N8O4S/c1-6-35(7-2)16-10-14-29-26-32-27(30-15-11-17-36(8-3)9-4)34-28(33-26)31-22-12-13-23-21(18-22)19-24(41(38,39)40)20(5)25(23)37/h12-13,18-19,37H,6-11,14-17H2,1-5H3,(H,38,39,40)(H3,29,30,31,32,33,34). The molecule has 2 aromatic carbocycles. The highest BCUT2D eigenvalue weighted by atomic mass is 32.2. The van der Waals surface area contributed by atoms with E-state index < -0.39 is 10.1 Å². The van der Waals surface area contributed by atoms with Gasteiger partial charge >= 0.3 is 0 Å². The lowest BCUT2D eigenvalue weighted by atomic mass is 10.1. The summed E-state index contributed by atoms with van der Waals surface area (Å²) in [6, 6.07) is 6.42. The second-order valence-corrected chi connectivity index (χ2v) is 11.2. The minimum atomic E-state index is -4.51. The van der Waals surface area contributed by atoms with Crippen LogP contribution in [-0.2, 0) is 10.1 Å². The van der Waals surface area contributed by atoms with Gasteiger partial charge in [0.1, 0.15) is 10.6 Å². The van der Waals surface area contributed by atoms with Crippen molar-refractivity contribution < 1.29 is 18.1 Å². The summed E-state index contributed by atoms with van der Waals surface area (Å²) in [5.41, 5.74) is 0.666. The number of anilines is 4. The molecule has 0 atom stereocenters. The van der Waals surface area contributed by atoms with Gasteiger partial charge < -0.3 is 30.9 Å². The normalized spacial score (nSPS) is 11.9. The van der Waals surface area contributed by atoms with E-state index in [0.717, 1.165) is 52.1 Å². The van der Waals surface area contributed by atoms with Crippen molar-refractivity contribution in [2.75, 3.05) is 68.3 Å². The Morgan fingerprint density at radius 1 is 0.805 bits per heavy atom. The molecule has 0 aliphatic carbocycles. The molecule has 0 radical (unpaired) electrons. The predicted molar refractivity (Wildman–Crippen MR) is 165 cm³/mol. The third kappa shape index (κ3) is 9.12. The number of hydrogen-bond donors (Lipinski definition) is 5. The van der Waals surface area contributed by atoms with E-state index in [4.69, 9.17) is 0 Å². The molecular formula is C28H44N8O4S. The Morgan fingerprint density at radius 3 is 1.80 bits per heavy atom. The van der Waals surface area contributed by atoms with Crippen molar-refractivity contribution in [3.63, 3.8) is 0 Å². The largest absolute Gasteiger partial charge is 0.507 e. The number of hydrogen-bond acceptors (Lipinski definition) is 11. The number of aromatic nitrogens is 3. The smallest absolute Gasteiger partial charge is 0.294 e. The molecule has 0 aliphatic heterocycles. The molecule has 226 valence electrons. The van der Waals surface area contributed by atoms with Gasteiger partial charge in [0.05, 0.1) is 0 Å². The molecule has 0 aliphatic rings. The summed E-state index contributed by atoms with van der Waals surface area (Å²) < 4.78 is 33.3. The lowest BCUT2D eigenvalue weighted by Crippen LogP contribution is -2.26. The number of aromatic hydroxyl groups is 1. The Hall–Kier alpha value is -3.26. The average Bonchev–Trinajstić information content (AvgIpc) is 2.94. The number of phenols is 1. The van der Waals surface area contributed by atoms with Crippen molar-refractivity contribution in [2.45, 2.75) is 52.4 Å². The predicted octanol–water partition coefficient (Wildman–Crippen LogP) is 4.32. The summed E-state index contributed by atoms with van der Waals surface area (Å²) in [6.45, 7) is 17.4. The van der Waals surface area contributed by atoms with Gasteiger partial charge in [-0.05, 0) is 88.7 Å². The van der Waals surface area contributed by atoms with Crippen LogP contribution in [0, 0.1) is 6.92 Å². The second kappa shape index (κ2) is 15.1. The molecule has 0 amide bonds. The number of fused-ring (bicyclic) bond motifs is 1. The zero-order valence-electron chi connectivity index (χ0n) is 24.7. The van der Waals surface area contributed by atoms with Gasteiger partial charge in [-0.2, -0.15) is 23.4 Å². The zero-order chi connectivity index (χ0) is 30.0. The van der Waals surface area contributed by atoms with Crippen LogP contribution in [0.5, 0.6) is 5.75 Å². The first kappa shape index (κ1) is 32.3. The summed E-state index contributed by atoms with van der Waals surface area (Å²) in [5, 5.41) is 21.2. The maximum Gasteiger partial charge on any atom is 0.294 e. The van der Waals surface area contributed by atoms with Gasteiger partial charge in [-0.3, -0.25) is 4.55 Å². The Labute approximate surface area is 243 Å². The highest BCUT2D eigenvalue weighted by Crippen LogP contribution is 2.35. The van der Waals surface area contributed by atoms with Crippen molar-refractivity contribution in [1.29, 1.82) is 0 Å². The van der Waals surface area contributed by atoms with Crippen LogP contribution < -0.4 is 16.0 Å². The van der Waals surface area contributed by atoms with Crippen molar-refractivity contribution in [2.24, 2.45) is 0 Å². The van der Waals surface area contributed by atoms with Gasteiger partial charge in [-0.1, -0.05) is 27.7 Å². The highest BCUT2D eigenvalue weighted by Gasteiger charge is 2.19. The van der Waals surface area contributed by atoms with Crippen molar-refractivity contribution in [3.05, 3.63) is 29.8 Å². The Kier molecular flexibility index (Phi) is 11.9. The van der Waals surface area contributed by atoms with Crippen LogP contribution in [0.2, 0.25) is 0 Å². The maximum absolute atomic E-state index is 11.8. The third-order valence-corrected chi connectivity index (χ3v) is 8.12. The minimum absolute atomic E-state index is 0.0894. The second-order valence-electron chi connectivity index (χ2n) is 9.80. The SMILES string of the molecule is CCN(CC)CCCNc1nc(NCCCN(CC)CC)nc(Nc2ccc3c(O)c(C)c(S(=O)(=O)O)cc3c2)n1. The number of benzene rings is 2. The van der Waals surface area contributed by atoms with E-state index in [1.807, 2.05) is 0 Å². The molecule has 41 heavy (non-hydrogen) atoms. The van der Waals surface area contributed by atoms with E-state index >= 15 is 0 Å². The molecular weight excluding hydrogens is 544 g/mol. The van der Waals surface area contributed by atoms with Crippen LogP contribution in [0.25, 0.3) is 10.8 Å². The Balaban J connectivity index is 1.82. The fourth-order valence-corrected chi connectivity index (χ4v) is 5.38. The fourth-order valence-electron chi connectivity index (χ4n) is 4.62. The molecule has 0 saturated carbocycles. The van der Waals surface area contributed by atoms with E-state index in [9.17, 15) is 18.1 Å². The summed E-state index contributed by atoms with van der Waals surface area (Å²) in [5.74, 6) is 0.990. The first-order valence-electron chi connectivity index (χ1n) is 14.3. The Bertz CT molecular complexity index is 1360. The highest BCUT2D eigenvalue weighted by molar-refractivity contribution is 7.85. The zero-order valence-corrected chi connectivity index (χ0v) is 25.6. The van der Waals surface area contributed by atoms with Crippen LogP contribution >= 0.6 is 0 Å². The Morgan fingerprint density at radius 2 is 1.32 bits per heavy atom. The van der Waals surface area contributed by atoms with Crippen LogP contribution in [0.4, 0.5) is 23.5 Å². The summed E-state index contributed by atoms with van der Waals surface area (Å²) in [7, 11) is -4.51. The lowest BCUT2D eigenvalue weighted by Gasteiger charge is -2.18. The fraction of sp³-hybridized carbons (Fsp3) is 0.536. The molecule has 0 spiro atoms. The topological polar surface area (TPSA) is 156 Å². The molecule has 5 N–H and O–H groups in total. The number of nitrogens with zero attached hydrogens (tertiary/aromatic N) is 5. The van der Waals surface area contributed by atoms with Crippen molar-refractivity contribution in [3.8, 4) is 5.75 Å². The van der Waals surface area contributed by atoms with E-state index in [-0.39, 0.29) is 16.2 Å². The number of rotatable bonds is 17. The van der Waals surface area contributed by atoms with E-state index in [1.165, 1.54) is 13.0 Å². The molecule has 1 aromatic heterocycles. The van der Waals surface area contributed by atoms with Crippen LogP contribution in [0.3, 0.4) is 0 Å². The van der Waals surface area contributed by atoms with Crippen molar-refractivity contribution in [1.82, 2.24) is 24.8 Å². The van der Waals surface area contributed by atoms with E-state index in [0.29, 0.717) is 47.4 Å². The monoisotopic (exact) mass is 588 g/mol. The quantitative estimate of drug-likeness (QED) is 0.113. The van der Waals surface area contributed by atoms with Gasteiger partial charge in [-0.15, -0.1) is 0 Å². The van der Waals surface area contributed by atoms with E-state index in [1.54, 1.807) is 18.2 Å². The molecule has 12 nitrogen and oxygen atoms in total. The van der Waals surface area contributed by atoms with Gasteiger partial charge in [0, 0.05) is 29.7 Å². The van der Waals surface area contributed by atoms with Crippen LogP contribution in [0.1, 0.15) is 46.1 Å². The molecule has 0 fully saturated rings. The van der Waals surface area contributed by atoms with Crippen LogP contribution in [-0.4, -0.2) is 95.2 Å². The number of nitrogens with one attached hydrogen (secondary N) is 3. The molecule has 3 aromatic rings. The first-order chi connectivity index (χ1) is 19.6. The molecule has 0 bridgehead atoms. The summed E-state index contributed by atoms with van der Waals surface area (Å²) in [6.07, 6.45) is 1.87. The van der Waals surface area contributed by atoms with Gasteiger partial charge in [0.25, 0.3) is 10.1 Å². The average molecular weight is 589 g/mol. The minimum Gasteiger partial charge on any atom is -0.507 e. The van der Waals surface area contributed by atoms with Gasteiger partial charge in [-0.25, -0.2) is 0 Å². The van der Waals surface area contributed by atoms with E-state index in [2.05, 4.69) is 68.4 Å². The maximum atomic E-state index is 11.8. The lowest BCUT2D eigenvalue weighted by molar-refractivity contribution is 0.303. The van der Waals surface area contributed by atoms with Gasteiger partial charge in [0.2, 0.25) is 17.8 Å². The number of phenolic OH excluding ortho intramolecular Hbond substituents is 1.